The van der Waals surface area contributed by atoms with Crippen molar-refractivity contribution in [2.45, 2.75) is 13.0 Å². The molecule has 2 aromatic carbocycles. The van der Waals surface area contributed by atoms with Gasteiger partial charge >= 0.3 is 0 Å². The molecular weight excluding hydrogens is 373 g/mol. The molecule has 1 atom stereocenters. The van der Waals surface area contributed by atoms with Crippen LogP contribution in [0.15, 0.2) is 59.3 Å². The quantitative estimate of drug-likeness (QED) is 0.553. The Labute approximate surface area is 166 Å². The summed E-state index contributed by atoms with van der Waals surface area (Å²) < 4.78 is 27.0. The molecule has 29 heavy (non-hydrogen) atoms. The Bertz CT molecular complexity index is 1200. The number of fused-ring (bicyclic) bond motifs is 1. The molecule has 0 bridgehead atoms. The highest BCUT2D eigenvalue weighted by Crippen LogP contribution is 2.31. The van der Waals surface area contributed by atoms with Crippen LogP contribution < -0.4 is 10.1 Å². The van der Waals surface area contributed by atoms with Crippen molar-refractivity contribution in [1.82, 2.24) is 14.9 Å². The number of hydrogen-bond donors (Lipinski definition) is 1. The molecule has 1 amide bonds. The molecule has 0 aliphatic rings. The summed E-state index contributed by atoms with van der Waals surface area (Å²) in [5, 5.41) is 3.54. The van der Waals surface area contributed by atoms with Crippen LogP contribution in [0.1, 0.15) is 33.5 Å². The zero-order valence-corrected chi connectivity index (χ0v) is 16.3. The normalized spacial score (nSPS) is 12.1. The van der Waals surface area contributed by atoms with Crippen molar-refractivity contribution in [3.63, 3.8) is 0 Å². The summed E-state index contributed by atoms with van der Waals surface area (Å²) in [6.07, 6.45) is 3.46. The van der Waals surface area contributed by atoms with E-state index in [4.69, 9.17) is 9.15 Å². The van der Waals surface area contributed by atoms with Gasteiger partial charge in [-0.3, -0.25) is 4.79 Å². The van der Waals surface area contributed by atoms with Crippen molar-refractivity contribution in [2.24, 2.45) is 7.05 Å². The number of amides is 1. The van der Waals surface area contributed by atoms with Crippen LogP contribution >= 0.6 is 0 Å². The summed E-state index contributed by atoms with van der Waals surface area (Å²) in [5.41, 5.74) is 1.40. The van der Waals surface area contributed by atoms with Crippen LogP contribution in [0.5, 0.6) is 5.75 Å². The van der Waals surface area contributed by atoms with Gasteiger partial charge in [0.05, 0.1) is 7.11 Å². The summed E-state index contributed by atoms with van der Waals surface area (Å²) in [6, 6.07) is 11.4. The maximum atomic E-state index is 14.1. The van der Waals surface area contributed by atoms with Gasteiger partial charge in [-0.2, -0.15) is 0 Å². The predicted molar refractivity (Wildman–Crippen MR) is 106 cm³/mol. The zero-order chi connectivity index (χ0) is 20.5. The fraction of sp³-hybridized carbons (Fsp3) is 0.182. The van der Waals surface area contributed by atoms with Gasteiger partial charge in [0, 0.05) is 36.0 Å². The first-order valence-corrected chi connectivity index (χ1v) is 9.10. The number of nitrogens with zero attached hydrogens (tertiary/aromatic N) is 2. The third-order valence-corrected chi connectivity index (χ3v) is 4.96. The average molecular weight is 393 g/mol. The average Bonchev–Trinajstić information content (AvgIpc) is 3.30. The van der Waals surface area contributed by atoms with Crippen molar-refractivity contribution in [3.05, 3.63) is 83.4 Å². The monoisotopic (exact) mass is 393 g/mol. The van der Waals surface area contributed by atoms with Crippen LogP contribution in [0.3, 0.4) is 0 Å². The van der Waals surface area contributed by atoms with Gasteiger partial charge in [-0.05, 0) is 19.1 Å². The van der Waals surface area contributed by atoms with E-state index in [0.29, 0.717) is 22.5 Å². The Morgan fingerprint density at radius 3 is 2.72 bits per heavy atom. The van der Waals surface area contributed by atoms with Gasteiger partial charge in [-0.15, -0.1) is 0 Å². The molecule has 2 heterocycles. The molecule has 2 aromatic heterocycles. The summed E-state index contributed by atoms with van der Waals surface area (Å²) in [4.78, 5) is 17.5. The first-order valence-electron chi connectivity index (χ1n) is 9.10. The van der Waals surface area contributed by atoms with Gasteiger partial charge < -0.3 is 19.0 Å². The lowest BCUT2D eigenvalue weighted by atomic mass is 10.0. The Balaban J connectivity index is 1.78. The van der Waals surface area contributed by atoms with Crippen LogP contribution in [0.25, 0.3) is 11.0 Å². The van der Waals surface area contributed by atoms with Crippen molar-refractivity contribution >= 4 is 16.9 Å². The summed E-state index contributed by atoms with van der Waals surface area (Å²) >= 11 is 0. The Kier molecular flexibility index (Phi) is 4.80. The van der Waals surface area contributed by atoms with E-state index in [1.165, 1.54) is 6.07 Å². The second kappa shape index (κ2) is 7.43. The summed E-state index contributed by atoms with van der Waals surface area (Å²) in [7, 11) is 3.42. The lowest BCUT2D eigenvalue weighted by Crippen LogP contribution is -2.31. The molecule has 0 spiro atoms. The molecule has 6 nitrogen and oxygen atoms in total. The van der Waals surface area contributed by atoms with E-state index in [0.717, 1.165) is 5.56 Å². The predicted octanol–water partition coefficient (Wildman–Crippen LogP) is 4.14. The van der Waals surface area contributed by atoms with Gasteiger partial charge in [0.2, 0.25) is 0 Å². The molecule has 148 valence electrons. The third-order valence-electron chi connectivity index (χ3n) is 4.96. The number of nitrogens with one attached hydrogen (secondary N) is 1. The fourth-order valence-electron chi connectivity index (χ4n) is 3.46. The summed E-state index contributed by atoms with van der Waals surface area (Å²) in [6.45, 7) is 1.74. The van der Waals surface area contributed by atoms with E-state index in [1.807, 2.05) is 35.9 Å². The first kappa shape index (κ1) is 18.7. The Morgan fingerprint density at radius 1 is 1.24 bits per heavy atom. The van der Waals surface area contributed by atoms with Crippen molar-refractivity contribution in [1.29, 1.82) is 0 Å². The van der Waals surface area contributed by atoms with Gasteiger partial charge in [-0.25, -0.2) is 9.37 Å². The van der Waals surface area contributed by atoms with Crippen molar-refractivity contribution in [2.75, 3.05) is 7.11 Å². The van der Waals surface area contributed by atoms with Crippen LogP contribution in [-0.2, 0) is 7.05 Å². The highest BCUT2D eigenvalue weighted by molar-refractivity contribution is 5.99. The molecule has 4 aromatic rings. The van der Waals surface area contributed by atoms with Gasteiger partial charge in [-0.1, -0.05) is 30.3 Å². The van der Waals surface area contributed by atoms with E-state index in [2.05, 4.69) is 10.3 Å². The Morgan fingerprint density at radius 2 is 2.03 bits per heavy atom. The minimum absolute atomic E-state index is 0.0687. The number of halogens is 1. The lowest BCUT2D eigenvalue weighted by Gasteiger charge is -2.21. The number of carbonyl (C=O) groups excluding carboxylic acids is 1. The molecule has 1 unspecified atom stereocenters. The largest absolute Gasteiger partial charge is 0.496 e. The third kappa shape index (κ3) is 3.24. The number of para-hydroxylation sites is 2. The molecule has 0 saturated carbocycles. The molecule has 0 aliphatic heterocycles. The summed E-state index contributed by atoms with van der Waals surface area (Å²) in [5.74, 6) is 0.349. The number of furan rings is 1. The number of aryl methyl sites for hydroxylation is 2. The highest BCUT2D eigenvalue weighted by Gasteiger charge is 2.27. The first-order chi connectivity index (χ1) is 14.0. The van der Waals surface area contributed by atoms with Gasteiger partial charge in [0.1, 0.15) is 17.6 Å². The standard InChI is InChI=1S/C22H20FN3O3/c1-13-14-8-6-9-16(23)20(14)29-19(13)22(27)25-18(21-24-11-12-26(21)2)15-7-4-5-10-17(15)28-3/h4-12,18H,1-3H3,(H,25,27). The van der Waals surface area contributed by atoms with Crippen LogP contribution in [0.2, 0.25) is 0 Å². The number of rotatable bonds is 5. The number of hydrogen-bond acceptors (Lipinski definition) is 4. The number of imidazole rings is 1. The molecule has 0 saturated heterocycles. The van der Waals surface area contributed by atoms with E-state index in [-0.39, 0.29) is 11.3 Å². The van der Waals surface area contributed by atoms with Crippen molar-refractivity contribution in [3.8, 4) is 5.75 Å². The van der Waals surface area contributed by atoms with Crippen LogP contribution in [-0.4, -0.2) is 22.6 Å². The minimum atomic E-state index is -0.587. The minimum Gasteiger partial charge on any atom is -0.496 e. The topological polar surface area (TPSA) is 69.3 Å². The maximum absolute atomic E-state index is 14.1. The fourth-order valence-corrected chi connectivity index (χ4v) is 3.46. The van der Waals surface area contributed by atoms with Gasteiger partial charge in [0.15, 0.2) is 17.2 Å². The van der Waals surface area contributed by atoms with E-state index in [1.54, 1.807) is 38.6 Å². The molecule has 0 radical (unpaired) electrons. The van der Waals surface area contributed by atoms with Gasteiger partial charge in [0.25, 0.3) is 5.91 Å². The molecular formula is C22H20FN3O3. The number of benzene rings is 2. The van der Waals surface area contributed by atoms with Crippen LogP contribution in [0.4, 0.5) is 4.39 Å². The smallest absolute Gasteiger partial charge is 0.288 e. The Hall–Kier alpha value is -3.61. The number of ether oxygens (including phenoxy) is 1. The number of methoxy groups -OCH3 is 1. The molecule has 0 fully saturated rings. The SMILES string of the molecule is COc1ccccc1C(NC(=O)c1oc2c(F)cccc2c1C)c1nccn1C. The highest BCUT2D eigenvalue weighted by atomic mass is 19.1. The second-order valence-electron chi connectivity index (χ2n) is 6.72. The van der Waals surface area contributed by atoms with E-state index in [9.17, 15) is 9.18 Å². The molecule has 1 N–H and O–H groups in total. The number of aromatic nitrogens is 2. The van der Waals surface area contributed by atoms with Crippen molar-refractivity contribution < 1.29 is 18.3 Å². The number of carbonyl (C=O) groups is 1. The lowest BCUT2D eigenvalue weighted by molar-refractivity contribution is 0.0914. The second-order valence-corrected chi connectivity index (χ2v) is 6.72. The zero-order valence-electron chi connectivity index (χ0n) is 16.3. The molecule has 0 aliphatic carbocycles. The maximum Gasteiger partial charge on any atom is 0.288 e. The molecule has 7 heteroatoms. The van der Waals surface area contributed by atoms with E-state index < -0.39 is 17.8 Å². The van der Waals surface area contributed by atoms with Crippen LogP contribution in [0, 0.1) is 12.7 Å². The molecule has 4 rings (SSSR count). The van der Waals surface area contributed by atoms with E-state index >= 15 is 0 Å².